The number of nitrogens with zero attached hydrogens (tertiary/aromatic N) is 2. The Morgan fingerprint density at radius 3 is 2.63 bits per heavy atom. The Balaban J connectivity index is 1.24. The number of hydrogen-bond acceptors (Lipinski definition) is 4. The van der Waals surface area contributed by atoms with Gasteiger partial charge in [0.2, 0.25) is 0 Å². The number of carbonyl (C=O) groups is 2. The zero-order chi connectivity index (χ0) is 24.2. The van der Waals surface area contributed by atoms with Crippen LogP contribution in [0.2, 0.25) is 0 Å². The molecule has 3 aromatic carbocycles. The zero-order valence-electron chi connectivity index (χ0n) is 19.2. The molecule has 1 aliphatic rings. The molecule has 0 atom stereocenters. The van der Waals surface area contributed by atoms with E-state index in [0.717, 1.165) is 35.6 Å². The van der Waals surface area contributed by atoms with Crippen molar-refractivity contribution in [2.75, 3.05) is 5.32 Å². The normalized spacial score (nSPS) is 12.6. The van der Waals surface area contributed by atoms with Gasteiger partial charge in [-0.15, -0.1) is 0 Å². The van der Waals surface area contributed by atoms with Gasteiger partial charge < -0.3 is 20.4 Å². The number of primary amides is 1. The highest BCUT2D eigenvalue weighted by atomic mass is 16.5. The van der Waals surface area contributed by atoms with Crippen LogP contribution >= 0.6 is 0 Å². The van der Waals surface area contributed by atoms with E-state index < -0.39 is 5.91 Å². The van der Waals surface area contributed by atoms with Crippen LogP contribution in [0.25, 0.3) is 11.3 Å². The Hall–Kier alpha value is -4.39. The average Bonchev–Trinajstić information content (AvgIpc) is 3.32. The first kappa shape index (κ1) is 22.4. The van der Waals surface area contributed by atoms with E-state index in [1.165, 1.54) is 12.8 Å². The molecule has 1 aromatic heterocycles. The first-order valence-electron chi connectivity index (χ1n) is 11.7. The lowest BCUT2D eigenvalue weighted by Gasteiger charge is -2.11. The van der Waals surface area contributed by atoms with Crippen LogP contribution in [0.15, 0.2) is 79.0 Å². The van der Waals surface area contributed by atoms with Gasteiger partial charge in [0.1, 0.15) is 18.2 Å². The summed E-state index contributed by atoms with van der Waals surface area (Å²) in [5, 5.41) is 2.94. The molecule has 0 saturated carbocycles. The van der Waals surface area contributed by atoms with E-state index in [-0.39, 0.29) is 12.5 Å². The molecule has 0 fully saturated rings. The number of fused-ring (bicyclic) bond motifs is 1. The summed E-state index contributed by atoms with van der Waals surface area (Å²) < 4.78 is 8.02. The van der Waals surface area contributed by atoms with Gasteiger partial charge in [-0.3, -0.25) is 9.59 Å². The van der Waals surface area contributed by atoms with Gasteiger partial charge in [-0.25, -0.2) is 4.98 Å². The minimum absolute atomic E-state index is 0.203. The highest BCUT2D eigenvalue weighted by Gasteiger charge is 2.14. The molecule has 0 radical (unpaired) electrons. The topological polar surface area (TPSA) is 99.2 Å². The van der Waals surface area contributed by atoms with Gasteiger partial charge in [0.25, 0.3) is 11.8 Å². The Labute approximate surface area is 203 Å². The van der Waals surface area contributed by atoms with Gasteiger partial charge in [-0.05, 0) is 54.8 Å². The molecule has 5 rings (SSSR count). The third-order valence-electron chi connectivity index (χ3n) is 6.08. The second kappa shape index (κ2) is 9.85. The number of para-hydroxylation sites is 1. The molecule has 0 spiro atoms. The molecule has 7 nitrogen and oxygen atoms in total. The van der Waals surface area contributed by atoms with Crippen LogP contribution in [0.4, 0.5) is 5.69 Å². The summed E-state index contributed by atoms with van der Waals surface area (Å²) in [4.78, 5) is 29.2. The summed E-state index contributed by atoms with van der Waals surface area (Å²) in [6.07, 6.45) is 5.52. The summed E-state index contributed by atoms with van der Waals surface area (Å²) in [5.74, 6) is 0.793. The van der Waals surface area contributed by atoms with Crippen molar-refractivity contribution in [2.45, 2.75) is 32.4 Å². The quantitative estimate of drug-likeness (QED) is 0.408. The molecule has 0 saturated heterocycles. The Bertz CT molecular complexity index is 1350. The van der Waals surface area contributed by atoms with Crippen molar-refractivity contribution in [3.05, 3.63) is 102 Å². The Kier molecular flexibility index (Phi) is 6.30. The molecule has 0 aliphatic carbocycles. The number of hydrogen-bond donors (Lipinski definition) is 2. The number of benzene rings is 3. The fourth-order valence-corrected chi connectivity index (χ4v) is 4.24. The van der Waals surface area contributed by atoms with E-state index in [2.05, 4.69) is 16.1 Å². The SMILES string of the molecule is NC(=O)c1ccccc1OCc1cccc(C(=O)Nc2ccc(-c3cn4c(n3)CCCC4)cc2)c1. The van der Waals surface area contributed by atoms with Crippen LogP contribution in [0.3, 0.4) is 0 Å². The van der Waals surface area contributed by atoms with Crippen LogP contribution in [0.1, 0.15) is 44.9 Å². The first-order valence-corrected chi connectivity index (χ1v) is 11.7. The van der Waals surface area contributed by atoms with Crippen molar-refractivity contribution in [3.8, 4) is 17.0 Å². The molecule has 0 bridgehead atoms. The molecule has 35 heavy (non-hydrogen) atoms. The van der Waals surface area contributed by atoms with Gasteiger partial charge in [0.05, 0.1) is 11.3 Å². The molecule has 2 amide bonds. The maximum Gasteiger partial charge on any atom is 0.255 e. The van der Waals surface area contributed by atoms with Crippen molar-refractivity contribution < 1.29 is 14.3 Å². The minimum atomic E-state index is -0.549. The largest absolute Gasteiger partial charge is 0.488 e. The highest BCUT2D eigenvalue weighted by molar-refractivity contribution is 6.04. The number of nitrogens with two attached hydrogens (primary N) is 1. The van der Waals surface area contributed by atoms with Crippen molar-refractivity contribution >= 4 is 17.5 Å². The summed E-state index contributed by atoms with van der Waals surface area (Å²) in [5.41, 5.74) is 9.74. The summed E-state index contributed by atoms with van der Waals surface area (Å²) >= 11 is 0. The summed E-state index contributed by atoms with van der Waals surface area (Å²) in [7, 11) is 0. The van der Waals surface area contributed by atoms with E-state index in [4.69, 9.17) is 15.5 Å². The highest BCUT2D eigenvalue weighted by Crippen LogP contribution is 2.24. The molecule has 3 N–H and O–H groups in total. The summed E-state index contributed by atoms with van der Waals surface area (Å²) in [6, 6.07) is 21.7. The molecule has 1 aliphatic heterocycles. The summed E-state index contributed by atoms with van der Waals surface area (Å²) in [6.45, 7) is 1.23. The second-order valence-electron chi connectivity index (χ2n) is 8.57. The maximum atomic E-state index is 12.8. The van der Waals surface area contributed by atoms with Crippen LogP contribution in [-0.4, -0.2) is 21.4 Å². The van der Waals surface area contributed by atoms with E-state index in [1.807, 2.05) is 30.3 Å². The van der Waals surface area contributed by atoms with Gasteiger partial charge in [0, 0.05) is 36.0 Å². The Morgan fingerprint density at radius 2 is 1.83 bits per heavy atom. The average molecular weight is 467 g/mol. The third-order valence-corrected chi connectivity index (χ3v) is 6.08. The molecule has 2 heterocycles. The molecular weight excluding hydrogens is 440 g/mol. The number of anilines is 1. The van der Waals surface area contributed by atoms with Crippen molar-refractivity contribution in [1.29, 1.82) is 0 Å². The molecule has 7 heteroatoms. The molecular formula is C28H26N4O3. The van der Waals surface area contributed by atoms with Crippen LogP contribution < -0.4 is 15.8 Å². The number of rotatable bonds is 7. The van der Waals surface area contributed by atoms with E-state index >= 15 is 0 Å². The predicted octanol–water partition coefficient (Wildman–Crippen LogP) is 4.82. The smallest absolute Gasteiger partial charge is 0.255 e. The molecule has 4 aromatic rings. The lowest BCUT2D eigenvalue weighted by molar-refractivity contribution is 0.0994. The van der Waals surface area contributed by atoms with E-state index in [9.17, 15) is 9.59 Å². The number of aromatic nitrogens is 2. The number of nitrogens with one attached hydrogen (secondary N) is 1. The number of carbonyl (C=O) groups excluding carboxylic acids is 2. The first-order chi connectivity index (χ1) is 17.1. The fourth-order valence-electron chi connectivity index (χ4n) is 4.24. The number of imidazole rings is 1. The Morgan fingerprint density at radius 1 is 1.00 bits per heavy atom. The second-order valence-corrected chi connectivity index (χ2v) is 8.57. The maximum absolute atomic E-state index is 12.8. The van der Waals surface area contributed by atoms with Gasteiger partial charge in [0.15, 0.2) is 0 Å². The van der Waals surface area contributed by atoms with E-state index in [1.54, 1.807) is 42.5 Å². The lowest BCUT2D eigenvalue weighted by atomic mass is 10.1. The fraction of sp³-hybridized carbons (Fsp3) is 0.179. The van der Waals surface area contributed by atoms with Crippen LogP contribution in [0, 0.1) is 0 Å². The number of amides is 2. The minimum Gasteiger partial charge on any atom is -0.488 e. The lowest BCUT2D eigenvalue weighted by Crippen LogP contribution is -2.13. The van der Waals surface area contributed by atoms with Crippen LogP contribution in [0.5, 0.6) is 5.75 Å². The standard InChI is InChI=1S/C28H26N4O3/c29-27(33)23-8-1-2-9-25(23)35-18-19-6-5-7-21(16-19)28(34)30-22-13-11-20(12-14-22)24-17-32-15-4-3-10-26(32)31-24/h1-2,5-9,11-14,16-17H,3-4,10,15,18H2,(H2,29,33)(H,30,34). The van der Waals surface area contributed by atoms with Crippen LogP contribution in [-0.2, 0) is 19.6 Å². The zero-order valence-corrected chi connectivity index (χ0v) is 19.2. The predicted molar refractivity (Wildman–Crippen MR) is 134 cm³/mol. The van der Waals surface area contributed by atoms with Crippen molar-refractivity contribution in [2.24, 2.45) is 5.73 Å². The van der Waals surface area contributed by atoms with Gasteiger partial charge >= 0.3 is 0 Å². The van der Waals surface area contributed by atoms with Gasteiger partial charge in [-0.2, -0.15) is 0 Å². The number of aryl methyl sites for hydroxylation is 2. The monoisotopic (exact) mass is 466 g/mol. The molecule has 176 valence electrons. The third kappa shape index (κ3) is 5.09. The van der Waals surface area contributed by atoms with Crippen molar-refractivity contribution in [1.82, 2.24) is 9.55 Å². The van der Waals surface area contributed by atoms with Crippen molar-refractivity contribution in [3.63, 3.8) is 0 Å². The molecule has 0 unspecified atom stereocenters. The van der Waals surface area contributed by atoms with Gasteiger partial charge in [-0.1, -0.05) is 36.4 Å². The number of ether oxygens (including phenoxy) is 1. The van der Waals surface area contributed by atoms with E-state index in [0.29, 0.717) is 22.6 Å².